The zero-order valence-corrected chi connectivity index (χ0v) is 11.0. The Hall–Kier alpha value is -1.51. The number of nitrogens with two attached hydrogens (primary N) is 1. The lowest BCUT2D eigenvalue weighted by Gasteiger charge is -2.34. The molecule has 0 aliphatic heterocycles. The van der Waals surface area contributed by atoms with Crippen molar-refractivity contribution in [1.82, 2.24) is 5.32 Å². The third-order valence-electron chi connectivity index (χ3n) is 3.74. The van der Waals surface area contributed by atoms with E-state index in [1.165, 1.54) is 19.3 Å². The first-order valence-corrected chi connectivity index (χ1v) is 6.73. The molecular weight excluding hydrogens is 224 g/mol. The van der Waals surface area contributed by atoms with Crippen molar-refractivity contribution in [3.8, 4) is 0 Å². The van der Waals surface area contributed by atoms with Gasteiger partial charge in [0, 0.05) is 11.2 Å². The predicted molar refractivity (Wildman–Crippen MR) is 74.2 cm³/mol. The third kappa shape index (κ3) is 3.49. The molecule has 18 heavy (non-hydrogen) atoms. The number of carbonyl (C=O) groups excluding carboxylic acids is 1. The maximum atomic E-state index is 12.0. The Balaban J connectivity index is 1.90. The molecule has 0 spiro atoms. The molecule has 0 saturated heterocycles. The molecule has 3 nitrogen and oxygen atoms in total. The van der Waals surface area contributed by atoms with Crippen LogP contribution in [0.5, 0.6) is 0 Å². The number of rotatable bonds is 3. The fraction of sp³-hybridized carbons (Fsp3) is 0.533. The summed E-state index contributed by atoms with van der Waals surface area (Å²) in [6, 6.07) is 7.51. The summed E-state index contributed by atoms with van der Waals surface area (Å²) in [4.78, 5) is 12.0. The lowest BCUT2D eigenvalue weighted by molar-refractivity contribution is -0.122. The lowest BCUT2D eigenvalue weighted by Crippen LogP contribution is -2.47. The zero-order valence-electron chi connectivity index (χ0n) is 11.0. The maximum absolute atomic E-state index is 12.0. The van der Waals surface area contributed by atoms with E-state index in [-0.39, 0.29) is 11.4 Å². The highest BCUT2D eigenvalue weighted by Gasteiger charge is 2.28. The van der Waals surface area contributed by atoms with Gasteiger partial charge in [0.15, 0.2) is 0 Å². The highest BCUT2D eigenvalue weighted by molar-refractivity contribution is 5.79. The summed E-state index contributed by atoms with van der Waals surface area (Å²) in [5.41, 5.74) is 7.38. The van der Waals surface area contributed by atoms with E-state index < -0.39 is 0 Å². The van der Waals surface area contributed by atoms with Crippen molar-refractivity contribution in [1.29, 1.82) is 0 Å². The molecule has 0 unspecified atom stereocenters. The molecule has 2 rings (SSSR count). The Kier molecular flexibility index (Phi) is 3.90. The third-order valence-corrected chi connectivity index (χ3v) is 3.74. The molecule has 0 bridgehead atoms. The summed E-state index contributed by atoms with van der Waals surface area (Å²) in [5, 5.41) is 3.19. The van der Waals surface area contributed by atoms with Crippen molar-refractivity contribution >= 4 is 11.6 Å². The van der Waals surface area contributed by atoms with Crippen molar-refractivity contribution in [2.24, 2.45) is 0 Å². The van der Waals surface area contributed by atoms with Crippen LogP contribution in [0.25, 0.3) is 0 Å². The topological polar surface area (TPSA) is 55.1 Å². The van der Waals surface area contributed by atoms with Crippen LogP contribution < -0.4 is 11.1 Å². The van der Waals surface area contributed by atoms with E-state index in [1.54, 1.807) is 0 Å². The van der Waals surface area contributed by atoms with Gasteiger partial charge in [0.1, 0.15) is 0 Å². The predicted octanol–water partition coefficient (Wildman–Crippen LogP) is 2.65. The van der Waals surface area contributed by atoms with E-state index >= 15 is 0 Å². The summed E-state index contributed by atoms with van der Waals surface area (Å²) >= 11 is 0. The molecule has 1 saturated carbocycles. The minimum Gasteiger partial charge on any atom is -0.399 e. The minimum atomic E-state index is 0.00312. The Morgan fingerprint density at radius 1 is 1.22 bits per heavy atom. The Bertz CT molecular complexity index is 405. The first-order chi connectivity index (χ1) is 8.57. The molecule has 98 valence electrons. The van der Waals surface area contributed by atoms with E-state index in [9.17, 15) is 4.79 Å². The van der Waals surface area contributed by atoms with Crippen LogP contribution in [0, 0.1) is 0 Å². The summed E-state index contributed by atoms with van der Waals surface area (Å²) in [6.07, 6.45) is 6.37. The summed E-state index contributed by atoms with van der Waals surface area (Å²) in [6.45, 7) is 2.16. The molecule has 3 N–H and O–H groups in total. The molecule has 1 aromatic carbocycles. The van der Waals surface area contributed by atoms with Crippen LogP contribution in [0.4, 0.5) is 5.69 Å². The smallest absolute Gasteiger partial charge is 0.224 e. The second-order valence-corrected chi connectivity index (χ2v) is 5.59. The quantitative estimate of drug-likeness (QED) is 0.806. The van der Waals surface area contributed by atoms with E-state index in [2.05, 4.69) is 12.2 Å². The summed E-state index contributed by atoms with van der Waals surface area (Å²) in [7, 11) is 0. The van der Waals surface area contributed by atoms with Gasteiger partial charge in [0.25, 0.3) is 0 Å². The molecule has 0 atom stereocenters. The molecule has 1 fully saturated rings. The van der Waals surface area contributed by atoms with Gasteiger partial charge in [-0.05, 0) is 37.5 Å². The van der Waals surface area contributed by atoms with Gasteiger partial charge in [-0.15, -0.1) is 0 Å². The first kappa shape index (κ1) is 12.9. The van der Waals surface area contributed by atoms with Crippen molar-refractivity contribution in [2.75, 3.05) is 5.73 Å². The molecule has 3 heteroatoms. The van der Waals surface area contributed by atoms with E-state index in [0.717, 1.165) is 24.1 Å². The van der Waals surface area contributed by atoms with Gasteiger partial charge < -0.3 is 11.1 Å². The van der Waals surface area contributed by atoms with Gasteiger partial charge in [0.05, 0.1) is 6.42 Å². The SMILES string of the molecule is CC1(NC(=O)Cc2ccc(N)cc2)CCCCC1. The fourth-order valence-electron chi connectivity index (χ4n) is 2.66. The van der Waals surface area contributed by atoms with E-state index in [0.29, 0.717) is 6.42 Å². The molecule has 1 aliphatic carbocycles. The van der Waals surface area contributed by atoms with Crippen LogP contribution >= 0.6 is 0 Å². The number of anilines is 1. The second kappa shape index (κ2) is 5.42. The highest BCUT2D eigenvalue weighted by Crippen LogP contribution is 2.27. The first-order valence-electron chi connectivity index (χ1n) is 6.73. The maximum Gasteiger partial charge on any atom is 0.224 e. The van der Waals surface area contributed by atoms with Crippen LogP contribution in [-0.4, -0.2) is 11.4 Å². The minimum absolute atomic E-state index is 0.00312. The van der Waals surface area contributed by atoms with Gasteiger partial charge in [-0.25, -0.2) is 0 Å². The van der Waals surface area contributed by atoms with Gasteiger partial charge >= 0.3 is 0 Å². The summed E-state index contributed by atoms with van der Waals surface area (Å²) < 4.78 is 0. The van der Waals surface area contributed by atoms with Crippen molar-refractivity contribution in [3.63, 3.8) is 0 Å². The number of nitrogens with one attached hydrogen (secondary N) is 1. The number of nitrogen functional groups attached to an aromatic ring is 1. The largest absolute Gasteiger partial charge is 0.399 e. The second-order valence-electron chi connectivity index (χ2n) is 5.59. The standard InChI is InChI=1S/C15H22N2O/c1-15(9-3-2-4-10-15)17-14(18)11-12-5-7-13(16)8-6-12/h5-8H,2-4,9-11,16H2,1H3,(H,17,18). The Labute approximate surface area is 109 Å². The van der Waals surface area contributed by atoms with Crippen LogP contribution in [0.15, 0.2) is 24.3 Å². The van der Waals surface area contributed by atoms with Crippen molar-refractivity contribution < 1.29 is 4.79 Å². The average molecular weight is 246 g/mol. The fourth-order valence-corrected chi connectivity index (χ4v) is 2.66. The number of amides is 1. The Morgan fingerprint density at radius 3 is 2.44 bits per heavy atom. The van der Waals surface area contributed by atoms with Crippen LogP contribution in [0.1, 0.15) is 44.6 Å². The van der Waals surface area contributed by atoms with Gasteiger partial charge in [-0.1, -0.05) is 31.4 Å². The zero-order chi connectivity index (χ0) is 13.0. The molecule has 1 amide bonds. The van der Waals surface area contributed by atoms with E-state index in [1.807, 2.05) is 24.3 Å². The van der Waals surface area contributed by atoms with Crippen LogP contribution in [0.2, 0.25) is 0 Å². The number of carbonyl (C=O) groups is 1. The van der Waals surface area contributed by atoms with Crippen molar-refractivity contribution in [2.45, 2.75) is 51.0 Å². The van der Waals surface area contributed by atoms with Gasteiger partial charge in [-0.2, -0.15) is 0 Å². The molecule has 1 aromatic rings. The number of hydrogen-bond donors (Lipinski definition) is 2. The molecule has 1 aliphatic rings. The van der Waals surface area contributed by atoms with E-state index in [4.69, 9.17) is 5.73 Å². The molecular formula is C15H22N2O. The number of benzene rings is 1. The number of hydrogen-bond acceptors (Lipinski definition) is 2. The normalized spacial score (nSPS) is 18.3. The average Bonchev–Trinajstić information content (AvgIpc) is 2.32. The molecule has 0 aromatic heterocycles. The van der Waals surface area contributed by atoms with Crippen molar-refractivity contribution in [3.05, 3.63) is 29.8 Å². The molecule has 0 heterocycles. The van der Waals surface area contributed by atoms with Gasteiger partial charge in [-0.3, -0.25) is 4.79 Å². The highest BCUT2D eigenvalue weighted by atomic mass is 16.1. The monoisotopic (exact) mass is 246 g/mol. The Morgan fingerprint density at radius 2 is 1.83 bits per heavy atom. The molecule has 0 radical (unpaired) electrons. The lowest BCUT2D eigenvalue weighted by atomic mass is 9.83. The van der Waals surface area contributed by atoms with Crippen LogP contribution in [0.3, 0.4) is 0 Å². The summed E-state index contributed by atoms with van der Waals surface area (Å²) in [5.74, 6) is 0.115. The van der Waals surface area contributed by atoms with Crippen LogP contribution in [-0.2, 0) is 11.2 Å². The van der Waals surface area contributed by atoms with Gasteiger partial charge in [0.2, 0.25) is 5.91 Å².